The lowest BCUT2D eigenvalue weighted by atomic mass is 10.3. The van der Waals surface area contributed by atoms with Gasteiger partial charge in [0.1, 0.15) is 0 Å². The Hall–Kier alpha value is -1.77. The van der Waals surface area contributed by atoms with Gasteiger partial charge in [-0.2, -0.15) is 0 Å². The van der Waals surface area contributed by atoms with Gasteiger partial charge in [-0.25, -0.2) is 4.79 Å². The number of methoxy groups -OCH3 is 1. The summed E-state index contributed by atoms with van der Waals surface area (Å²) in [6.07, 6.45) is 0. The Morgan fingerprint density at radius 3 is 2.79 bits per heavy atom. The van der Waals surface area contributed by atoms with Crippen molar-refractivity contribution in [3.8, 4) is 11.5 Å². The Kier molecular flexibility index (Phi) is 3.29. The van der Waals surface area contributed by atoms with Gasteiger partial charge in [0.05, 0.1) is 7.11 Å². The lowest BCUT2D eigenvalue weighted by Crippen LogP contribution is -2.08. The lowest BCUT2D eigenvalue weighted by Gasteiger charge is -2.07. The van der Waals surface area contributed by atoms with Crippen LogP contribution in [0.1, 0.15) is 6.92 Å². The van der Waals surface area contributed by atoms with E-state index in [0.29, 0.717) is 17.1 Å². The summed E-state index contributed by atoms with van der Waals surface area (Å²) in [5, 5.41) is 0. The predicted octanol–water partition coefficient (Wildman–Crippen LogP) is 1.98. The van der Waals surface area contributed by atoms with Gasteiger partial charge in [-0.1, -0.05) is 12.6 Å². The zero-order valence-corrected chi connectivity index (χ0v) is 8.16. The highest BCUT2D eigenvalue weighted by Crippen LogP contribution is 2.25. The molecule has 3 nitrogen and oxygen atoms in total. The average Bonchev–Trinajstić information content (AvgIpc) is 2.18. The lowest BCUT2D eigenvalue weighted by molar-refractivity contribution is -0.130. The quantitative estimate of drug-likeness (QED) is 0.416. The van der Waals surface area contributed by atoms with E-state index in [1.54, 1.807) is 25.1 Å². The van der Waals surface area contributed by atoms with Gasteiger partial charge in [0.2, 0.25) is 0 Å². The van der Waals surface area contributed by atoms with E-state index < -0.39 is 5.97 Å². The molecule has 14 heavy (non-hydrogen) atoms. The molecule has 1 radical (unpaired) electrons. The number of carbonyl (C=O) groups excluding carboxylic acids is 1. The van der Waals surface area contributed by atoms with Gasteiger partial charge in [-0.05, 0) is 25.1 Å². The fraction of sp³-hybridized carbons (Fsp3) is 0.182. The molecular formula is C11H11O3. The van der Waals surface area contributed by atoms with Crippen molar-refractivity contribution in [2.75, 3.05) is 7.11 Å². The van der Waals surface area contributed by atoms with Crippen LogP contribution < -0.4 is 9.47 Å². The van der Waals surface area contributed by atoms with Crippen molar-refractivity contribution in [1.29, 1.82) is 0 Å². The number of carbonyl (C=O) groups is 1. The second-order valence-corrected chi connectivity index (χ2v) is 2.75. The molecule has 0 N–H and O–H groups in total. The molecule has 3 heteroatoms. The summed E-state index contributed by atoms with van der Waals surface area (Å²) in [5.41, 5.74) is 0.347. The van der Waals surface area contributed by atoms with E-state index in [-0.39, 0.29) is 0 Å². The van der Waals surface area contributed by atoms with Crippen molar-refractivity contribution in [1.82, 2.24) is 0 Å². The number of benzene rings is 1. The minimum absolute atomic E-state index is 0.347. The molecule has 0 bridgehead atoms. The summed E-state index contributed by atoms with van der Waals surface area (Å²) in [4.78, 5) is 11.2. The molecule has 1 aromatic carbocycles. The number of rotatable bonds is 3. The molecule has 0 saturated heterocycles. The molecule has 0 spiro atoms. The zero-order chi connectivity index (χ0) is 10.6. The number of ether oxygens (including phenoxy) is 2. The Bertz CT molecular complexity index is 355. The summed E-state index contributed by atoms with van der Waals surface area (Å²) < 4.78 is 10.0. The molecule has 0 saturated carbocycles. The number of esters is 1. The summed E-state index contributed by atoms with van der Waals surface area (Å²) in [7, 11) is 1.50. The maximum absolute atomic E-state index is 11.2. The van der Waals surface area contributed by atoms with Crippen LogP contribution in [0, 0.1) is 6.07 Å². The smallest absolute Gasteiger partial charge is 0.338 e. The molecule has 0 aromatic heterocycles. The highest BCUT2D eigenvalue weighted by molar-refractivity contribution is 5.89. The first-order valence-electron chi connectivity index (χ1n) is 4.07. The Balaban J connectivity index is 2.85. The molecule has 1 aromatic rings. The highest BCUT2D eigenvalue weighted by atomic mass is 16.6. The monoisotopic (exact) mass is 191 g/mol. The van der Waals surface area contributed by atoms with Crippen LogP contribution in [0.3, 0.4) is 0 Å². The molecule has 0 unspecified atom stereocenters. The average molecular weight is 191 g/mol. The molecule has 0 heterocycles. The Labute approximate surface area is 83.0 Å². The molecular weight excluding hydrogens is 180 g/mol. The molecule has 0 atom stereocenters. The van der Waals surface area contributed by atoms with Crippen LogP contribution in [0.25, 0.3) is 0 Å². The van der Waals surface area contributed by atoms with E-state index in [9.17, 15) is 4.79 Å². The van der Waals surface area contributed by atoms with Crippen LogP contribution in [0.5, 0.6) is 11.5 Å². The molecule has 0 amide bonds. The highest BCUT2D eigenvalue weighted by Gasteiger charge is 2.09. The predicted molar refractivity (Wildman–Crippen MR) is 52.3 cm³/mol. The fourth-order valence-electron chi connectivity index (χ4n) is 0.832. The molecule has 0 aliphatic heterocycles. The Morgan fingerprint density at radius 1 is 1.50 bits per heavy atom. The number of hydrogen-bond acceptors (Lipinski definition) is 3. The summed E-state index contributed by atoms with van der Waals surface area (Å²) >= 11 is 0. The first-order chi connectivity index (χ1) is 6.65. The normalized spacial score (nSPS) is 9.29. The van der Waals surface area contributed by atoms with Gasteiger partial charge < -0.3 is 9.47 Å². The SMILES string of the molecule is C=C(C)C(=O)Oc1cc[c]cc1OC. The van der Waals surface area contributed by atoms with E-state index in [1.165, 1.54) is 7.11 Å². The van der Waals surface area contributed by atoms with Crippen molar-refractivity contribution in [2.24, 2.45) is 0 Å². The van der Waals surface area contributed by atoms with Crippen LogP contribution in [-0.2, 0) is 4.79 Å². The van der Waals surface area contributed by atoms with Crippen molar-refractivity contribution in [2.45, 2.75) is 6.92 Å². The van der Waals surface area contributed by atoms with Gasteiger partial charge in [-0.3, -0.25) is 0 Å². The number of hydrogen-bond donors (Lipinski definition) is 0. The molecule has 0 fully saturated rings. The van der Waals surface area contributed by atoms with Gasteiger partial charge in [0.25, 0.3) is 0 Å². The summed E-state index contributed by atoms with van der Waals surface area (Å²) in [6, 6.07) is 7.67. The fourth-order valence-corrected chi connectivity index (χ4v) is 0.832. The van der Waals surface area contributed by atoms with Crippen LogP contribution in [0.15, 0.2) is 30.4 Å². The Morgan fingerprint density at radius 2 is 2.21 bits per heavy atom. The topological polar surface area (TPSA) is 35.5 Å². The van der Waals surface area contributed by atoms with Crippen LogP contribution in [0.4, 0.5) is 0 Å². The van der Waals surface area contributed by atoms with Gasteiger partial charge in [0, 0.05) is 5.57 Å². The van der Waals surface area contributed by atoms with Crippen molar-refractivity contribution < 1.29 is 14.3 Å². The van der Waals surface area contributed by atoms with Crippen LogP contribution >= 0.6 is 0 Å². The third-order valence-electron chi connectivity index (χ3n) is 1.56. The van der Waals surface area contributed by atoms with Gasteiger partial charge >= 0.3 is 5.97 Å². The summed E-state index contributed by atoms with van der Waals surface area (Å²) in [6.45, 7) is 5.07. The molecule has 1 rings (SSSR count). The second kappa shape index (κ2) is 4.46. The minimum Gasteiger partial charge on any atom is -0.493 e. The van der Waals surface area contributed by atoms with Gasteiger partial charge in [0.15, 0.2) is 11.5 Å². The van der Waals surface area contributed by atoms with E-state index in [2.05, 4.69) is 12.6 Å². The van der Waals surface area contributed by atoms with Crippen LogP contribution in [0.2, 0.25) is 0 Å². The zero-order valence-electron chi connectivity index (χ0n) is 8.16. The van der Waals surface area contributed by atoms with E-state index in [0.717, 1.165) is 0 Å². The van der Waals surface area contributed by atoms with E-state index >= 15 is 0 Å². The largest absolute Gasteiger partial charge is 0.493 e. The molecule has 0 aliphatic carbocycles. The first kappa shape index (κ1) is 10.3. The first-order valence-corrected chi connectivity index (χ1v) is 4.07. The van der Waals surface area contributed by atoms with Gasteiger partial charge in [-0.15, -0.1) is 0 Å². The third kappa shape index (κ3) is 2.36. The van der Waals surface area contributed by atoms with E-state index in [1.807, 2.05) is 0 Å². The van der Waals surface area contributed by atoms with Crippen molar-refractivity contribution in [3.05, 3.63) is 36.4 Å². The molecule has 73 valence electrons. The maximum atomic E-state index is 11.2. The maximum Gasteiger partial charge on any atom is 0.338 e. The van der Waals surface area contributed by atoms with E-state index in [4.69, 9.17) is 9.47 Å². The van der Waals surface area contributed by atoms with Crippen molar-refractivity contribution >= 4 is 5.97 Å². The third-order valence-corrected chi connectivity index (χ3v) is 1.56. The van der Waals surface area contributed by atoms with Crippen molar-refractivity contribution in [3.63, 3.8) is 0 Å². The molecule has 0 aliphatic rings. The standard InChI is InChI=1S/C11H11O3/c1-8(2)11(12)14-10-7-5-4-6-9(10)13-3/h5-7H,1H2,2-3H3. The summed E-state index contributed by atoms with van der Waals surface area (Å²) in [5.74, 6) is 0.385. The van der Waals surface area contributed by atoms with Crippen LogP contribution in [-0.4, -0.2) is 13.1 Å². The minimum atomic E-state index is -0.463. The second-order valence-electron chi connectivity index (χ2n) is 2.75.